The number of nitrogens with zero attached hydrogens (tertiary/aromatic N) is 3. The smallest absolute Gasteiger partial charge is 0.227 e. The van der Waals surface area contributed by atoms with E-state index < -0.39 is 0 Å². The summed E-state index contributed by atoms with van der Waals surface area (Å²) in [7, 11) is 0. The second-order valence-corrected chi connectivity index (χ2v) is 10.3. The van der Waals surface area contributed by atoms with Crippen LogP contribution in [0.25, 0.3) is 10.2 Å². The molecule has 1 saturated heterocycles. The first-order valence-corrected chi connectivity index (χ1v) is 12.5. The van der Waals surface area contributed by atoms with Gasteiger partial charge >= 0.3 is 0 Å². The molecule has 3 aliphatic rings. The summed E-state index contributed by atoms with van der Waals surface area (Å²) in [5.74, 6) is 2.95. The van der Waals surface area contributed by atoms with E-state index in [1.165, 1.54) is 52.8 Å². The largest absolute Gasteiger partial charge is 0.356 e. The Morgan fingerprint density at radius 2 is 1.77 bits per heavy atom. The molecular weight excluding hydrogens is 404 g/mol. The number of nitrogens with one attached hydrogen (secondary N) is 1. The molecule has 160 valence electrons. The number of hydrogen-bond donors (Lipinski definition) is 1. The number of aryl methyl sites for hydroxylation is 2. The predicted octanol–water partition coefficient (Wildman–Crippen LogP) is 5.30. The third-order valence-corrected chi connectivity index (χ3v) is 8.15. The van der Waals surface area contributed by atoms with Crippen LogP contribution >= 0.6 is 11.3 Å². The highest BCUT2D eigenvalue weighted by Crippen LogP contribution is 2.44. The summed E-state index contributed by atoms with van der Waals surface area (Å²) < 4.78 is 0. The molecule has 2 fully saturated rings. The number of thiophene rings is 1. The van der Waals surface area contributed by atoms with E-state index in [4.69, 9.17) is 9.97 Å². The molecule has 1 N–H and O–H groups in total. The molecule has 6 heteroatoms. The number of carbonyl (C=O) groups is 1. The lowest BCUT2D eigenvalue weighted by Gasteiger charge is -2.33. The first-order chi connectivity index (χ1) is 15.3. The third-order valence-electron chi connectivity index (χ3n) is 6.96. The lowest BCUT2D eigenvalue weighted by molar-refractivity contribution is -0.120. The Bertz CT molecular complexity index is 1110. The summed E-state index contributed by atoms with van der Waals surface area (Å²) in [6.07, 6.45) is 9.09. The van der Waals surface area contributed by atoms with Crippen molar-refractivity contribution < 1.29 is 4.79 Å². The molecule has 0 radical (unpaired) electrons. The van der Waals surface area contributed by atoms with E-state index in [1.807, 2.05) is 41.7 Å². The van der Waals surface area contributed by atoms with Gasteiger partial charge in [-0.1, -0.05) is 18.2 Å². The van der Waals surface area contributed by atoms with Gasteiger partial charge in [0, 0.05) is 35.5 Å². The van der Waals surface area contributed by atoms with Crippen LogP contribution in [-0.4, -0.2) is 29.0 Å². The zero-order valence-corrected chi connectivity index (χ0v) is 18.6. The van der Waals surface area contributed by atoms with E-state index >= 15 is 0 Å². The van der Waals surface area contributed by atoms with E-state index in [0.29, 0.717) is 5.92 Å². The number of anilines is 2. The van der Waals surface area contributed by atoms with Gasteiger partial charge < -0.3 is 10.2 Å². The SMILES string of the molecule is O=C(Nc1ccccc1)C1CCN(c2nc(C3CC3)nc3sc4c(c23)CCCC4)CC1. The molecule has 6 rings (SSSR count). The number of benzene rings is 1. The van der Waals surface area contributed by atoms with Crippen molar-refractivity contribution in [3.8, 4) is 0 Å². The maximum absolute atomic E-state index is 12.8. The minimum Gasteiger partial charge on any atom is -0.356 e. The van der Waals surface area contributed by atoms with Gasteiger partial charge in [-0.2, -0.15) is 0 Å². The van der Waals surface area contributed by atoms with Gasteiger partial charge in [-0.05, 0) is 69.1 Å². The average molecular weight is 433 g/mol. The monoisotopic (exact) mass is 432 g/mol. The predicted molar refractivity (Wildman–Crippen MR) is 126 cm³/mol. The zero-order chi connectivity index (χ0) is 20.8. The molecule has 2 aliphatic carbocycles. The highest BCUT2D eigenvalue weighted by atomic mass is 32.1. The molecule has 0 bridgehead atoms. The number of fused-ring (bicyclic) bond motifs is 3. The van der Waals surface area contributed by atoms with Gasteiger partial charge in [0.1, 0.15) is 16.5 Å². The second kappa shape index (κ2) is 7.90. The zero-order valence-electron chi connectivity index (χ0n) is 17.8. The molecule has 0 atom stereocenters. The Labute approximate surface area is 186 Å². The summed E-state index contributed by atoms with van der Waals surface area (Å²) in [5.41, 5.74) is 2.39. The van der Waals surface area contributed by atoms with Crippen LogP contribution in [-0.2, 0) is 17.6 Å². The Balaban J connectivity index is 1.25. The summed E-state index contributed by atoms with van der Waals surface area (Å²) in [4.78, 5) is 28.1. The number of hydrogen-bond acceptors (Lipinski definition) is 5. The highest BCUT2D eigenvalue weighted by molar-refractivity contribution is 7.19. The fraction of sp³-hybridized carbons (Fsp3) is 0.480. The van der Waals surface area contributed by atoms with Crippen LogP contribution in [0.3, 0.4) is 0 Å². The van der Waals surface area contributed by atoms with Crippen LogP contribution in [0.2, 0.25) is 0 Å². The molecule has 1 saturated carbocycles. The van der Waals surface area contributed by atoms with Crippen molar-refractivity contribution in [2.45, 2.75) is 57.3 Å². The fourth-order valence-corrected chi connectivity index (χ4v) is 6.29. The Morgan fingerprint density at radius 1 is 1.00 bits per heavy atom. The minimum atomic E-state index is 0.0630. The van der Waals surface area contributed by atoms with Crippen molar-refractivity contribution >= 4 is 39.0 Å². The number of para-hydroxylation sites is 1. The molecule has 2 aromatic heterocycles. The van der Waals surface area contributed by atoms with Gasteiger partial charge in [-0.3, -0.25) is 4.79 Å². The number of amides is 1. The Morgan fingerprint density at radius 3 is 2.55 bits per heavy atom. The standard InChI is InChI=1S/C25H28N4OS/c30-24(26-18-6-2-1-3-7-18)17-12-14-29(15-13-17)23-21-19-8-4-5-9-20(19)31-25(21)28-22(27-23)16-10-11-16/h1-3,6-7,16-17H,4-5,8-15H2,(H,26,30). The molecule has 3 heterocycles. The molecule has 0 unspecified atom stereocenters. The molecule has 0 spiro atoms. The van der Waals surface area contributed by atoms with Crippen molar-refractivity contribution in [3.05, 3.63) is 46.6 Å². The highest BCUT2D eigenvalue weighted by Gasteiger charge is 2.32. The van der Waals surface area contributed by atoms with Crippen molar-refractivity contribution in [3.63, 3.8) is 0 Å². The average Bonchev–Trinajstić information content (AvgIpc) is 3.60. The Hall–Kier alpha value is -2.47. The maximum atomic E-state index is 12.8. The lowest BCUT2D eigenvalue weighted by atomic mass is 9.94. The van der Waals surface area contributed by atoms with E-state index in [-0.39, 0.29) is 11.8 Å². The van der Waals surface area contributed by atoms with E-state index in [9.17, 15) is 4.79 Å². The van der Waals surface area contributed by atoms with Gasteiger partial charge in [0.15, 0.2) is 0 Å². The number of rotatable bonds is 4. The topological polar surface area (TPSA) is 58.1 Å². The summed E-state index contributed by atoms with van der Waals surface area (Å²) in [6.45, 7) is 1.77. The first-order valence-electron chi connectivity index (χ1n) is 11.7. The Kier molecular flexibility index (Phi) is 4.90. The van der Waals surface area contributed by atoms with Crippen LogP contribution in [0.15, 0.2) is 30.3 Å². The quantitative estimate of drug-likeness (QED) is 0.608. The second-order valence-electron chi connectivity index (χ2n) is 9.19. The van der Waals surface area contributed by atoms with Crippen molar-refractivity contribution in [1.29, 1.82) is 0 Å². The molecule has 31 heavy (non-hydrogen) atoms. The van der Waals surface area contributed by atoms with Gasteiger partial charge in [-0.15, -0.1) is 11.3 Å². The van der Waals surface area contributed by atoms with Crippen LogP contribution in [0, 0.1) is 5.92 Å². The molecule has 1 aliphatic heterocycles. The van der Waals surface area contributed by atoms with E-state index in [0.717, 1.165) is 49.7 Å². The van der Waals surface area contributed by atoms with Crippen LogP contribution in [0.4, 0.5) is 11.5 Å². The molecule has 3 aromatic rings. The van der Waals surface area contributed by atoms with Gasteiger partial charge in [0.25, 0.3) is 0 Å². The van der Waals surface area contributed by atoms with Crippen molar-refractivity contribution in [1.82, 2.24) is 9.97 Å². The molecule has 1 aromatic carbocycles. The summed E-state index contributed by atoms with van der Waals surface area (Å²) >= 11 is 1.90. The maximum Gasteiger partial charge on any atom is 0.227 e. The van der Waals surface area contributed by atoms with Gasteiger partial charge in [0.05, 0.1) is 5.39 Å². The number of carbonyl (C=O) groups excluding carboxylic acids is 1. The van der Waals surface area contributed by atoms with Crippen molar-refractivity contribution in [2.75, 3.05) is 23.3 Å². The lowest BCUT2D eigenvalue weighted by Crippen LogP contribution is -2.38. The van der Waals surface area contributed by atoms with E-state index in [1.54, 1.807) is 0 Å². The summed E-state index contributed by atoms with van der Waals surface area (Å²) in [6, 6.07) is 9.78. The summed E-state index contributed by atoms with van der Waals surface area (Å²) in [5, 5.41) is 4.40. The van der Waals surface area contributed by atoms with Crippen molar-refractivity contribution in [2.24, 2.45) is 5.92 Å². The number of aromatic nitrogens is 2. The first kappa shape index (κ1) is 19.2. The van der Waals surface area contributed by atoms with Crippen LogP contribution < -0.4 is 10.2 Å². The normalized spacial score (nSPS) is 19.4. The minimum absolute atomic E-state index is 0.0630. The molecule has 5 nitrogen and oxygen atoms in total. The van der Waals surface area contributed by atoms with E-state index in [2.05, 4.69) is 10.2 Å². The van der Waals surface area contributed by atoms with Gasteiger partial charge in [-0.25, -0.2) is 9.97 Å². The third kappa shape index (κ3) is 3.71. The van der Waals surface area contributed by atoms with Crippen LogP contribution in [0.5, 0.6) is 0 Å². The van der Waals surface area contributed by atoms with Crippen LogP contribution in [0.1, 0.15) is 60.7 Å². The molecule has 1 amide bonds. The number of piperidine rings is 1. The molecular formula is C25H28N4OS. The fourth-order valence-electron chi connectivity index (χ4n) is 5.03. The van der Waals surface area contributed by atoms with Gasteiger partial charge in [0.2, 0.25) is 5.91 Å².